The van der Waals surface area contributed by atoms with E-state index >= 15 is 0 Å². The minimum atomic E-state index is -7.43. The fraction of sp³-hybridized carbons (Fsp3) is 0.909. The summed E-state index contributed by atoms with van der Waals surface area (Å²) in [6, 6.07) is 0. The number of ketones is 1. The Morgan fingerprint density at radius 1 is 0.923 bits per heavy atom. The maximum absolute atomic E-state index is 12.2. The van der Waals surface area contributed by atoms with Gasteiger partial charge in [0.1, 0.15) is 0 Å². The number of hydrogen-bond donors (Lipinski definition) is 0. The Balaban J connectivity index is 0. The van der Waals surface area contributed by atoms with Crippen LogP contribution < -0.4 is 0 Å². The van der Waals surface area contributed by atoms with Gasteiger partial charge in [0, 0.05) is 6.42 Å². The molecule has 0 bridgehead atoms. The lowest BCUT2D eigenvalue weighted by Crippen LogP contribution is -2.63. The van der Waals surface area contributed by atoms with Crippen LogP contribution in [0.5, 0.6) is 0 Å². The molecule has 0 amide bonds. The van der Waals surface area contributed by atoms with Crippen LogP contribution >= 0.6 is 0 Å². The predicted octanol–water partition coefficient (Wildman–Crippen LogP) is 3.19. The van der Waals surface area contributed by atoms with Crippen molar-refractivity contribution in [2.75, 3.05) is 18.3 Å². The number of halogens is 9. The second-order valence-electron chi connectivity index (χ2n) is 5.04. The van der Waals surface area contributed by atoms with Crippen LogP contribution in [0, 0.1) is 0 Å². The van der Waals surface area contributed by atoms with Crippen LogP contribution in [0.1, 0.15) is 19.8 Å². The summed E-state index contributed by atoms with van der Waals surface area (Å²) in [6.07, 6.45) is -1.19. The van der Waals surface area contributed by atoms with Crippen LogP contribution in [-0.2, 0) is 25.8 Å². The second-order valence-corrected chi connectivity index (χ2v) is 8.72. The SMILES string of the molecule is CCCC(=O)C[S+](C)C.O=S(=O)([O-])C(F)(F)C(F)(F)C(F)(F)C(F)(F)F. The van der Waals surface area contributed by atoms with Gasteiger partial charge in [-0.15, -0.1) is 0 Å². The summed E-state index contributed by atoms with van der Waals surface area (Å²) in [7, 11) is -7.11. The molecule has 0 spiro atoms. The smallest absolute Gasteiger partial charge is 0.460 e. The third-order valence-corrected chi connectivity index (χ3v) is 4.19. The van der Waals surface area contributed by atoms with Crippen molar-refractivity contribution >= 4 is 26.8 Å². The Kier molecular flexibility index (Phi) is 9.52. The van der Waals surface area contributed by atoms with Gasteiger partial charge in [0.2, 0.25) is 0 Å². The van der Waals surface area contributed by atoms with Crippen LogP contribution in [-0.4, -0.2) is 60.3 Å². The molecule has 0 aliphatic rings. The average molecular weight is 446 g/mol. The van der Waals surface area contributed by atoms with Crippen molar-refractivity contribution < 1.29 is 57.3 Å². The van der Waals surface area contributed by atoms with Gasteiger partial charge in [-0.05, 0) is 17.3 Å². The summed E-state index contributed by atoms with van der Waals surface area (Å²) in [6.45, 7) is 2.04. The molecular formula is C11H15F9O4S2. The first-order chi connectivity index (χ1) is 11.2. The molecular weight excluding hydrogens is 431 g/mol. The zero-order valence-electron chi connectivity index (χ0n) is 13.5. The van der Waals surface area contributed by atoms with Crippen LogP contribution in [0.3, 0.4) is 0 Å². The van der Waals surface area contributed by atoms with E-state index < -0.39 is 33.4 Å². The largest absolute Gasteiger partial charge is 0.743 e. The highest BCUT2D eigenvalue weighted by Gasteiger charge is 2.83. The van der Waals surface area contributed by atoms with Crippen molar-refractivity contribution in [1.29, 1.82) is 0 Å². The summed E-state index contributed by atoms with van der Waals surface area (Å²) >= 11 is 0. The van der Waals surface area contributed by atoms with Crippen molar-refractivity contribution in [3.63, 3.8) is 0 Å². The van der Waals surface area contributed by atoms with Crippen molar-refractivity contribution in [2.45, 2.75) is 43.0 Å². The Morgan fingerprint density at radius 3 is 1.54 bits per heavy atom. The lowest BCUT2D eigenvalue weighted by atomic mass is 10.1. The summed E-state index contributed by atoms with van der Waals surface area (Å²) in [4.78, 5) is 10.9. The molecule has 0 unspecified atom stereocenters. The first-order valence-corrected chi connectivity index (χ1v) is 10.00. The zero-order valence-corrected chi connectivity index (χ0v) is 15.1. The maximum atomic E-state index is 12.2. The van der Waals surface area contributed by atoms with E-state index in [9.17, 15) is 57.3 Å². The molecule has 0 aromatic rings. The minimum Gasteiger partial charge on any atom is -0.743 e. The second kappa shape index (κ2) is 8.99. The van der Waals surface area contributed by atoms with Crippen LogP contribution in [0.4, 0.5) is 39.5 Å². The summed E-state index contributed by atoms with van der Waals surface area (Å²) < 4.78 is 135. The van der Waals surface area contributed by atoms with Gasteiger partial charge in [0.15, 0.2) is 21.7 Å². The lowest BCUT2D eigenvalue weighted by Gasteiger charge is -2.34. The number of carbonyl (C=O) groups excluding carboxylic acids is 1. The minimum absolute atomic E-state index is 0.303. The van der Waals surface area contributed by atoms with E-state index in [1.807, 2.05) is 6.92 Å². The molecule has 4 nitrogen and oxygen atoms in total. The number of alkyl halides is 9. The number of rotatable bonds is 7. The molecule has 0 atom stereocenters. The number of hydrogen-bond acceptors (Lipinski definition) is 4. The van der Waals surface area contributed by atoms with Crippen molar-refractivity contribution in [3.8, 4) is 0 Å². The van der Waals surface area contributed by atoms with Gasteiger partial charge in [-0.25, -0.2) is 8.42 Å². The van der Waals surface area contributed by atoms with Gasteiger partial charge in [-0.2, -0.15) is 39.5 Å². The first-order valence-electron chi connectivity index (χ1n) is 6.38. The molecule has 26 heavy (non-hydrogen) atoms. The molecule has 0 N–H and O–H groups in total. The third kappa shape index (κ3) is 6.48. The summed E-state index contributed by atoms with van der Waals surface area (Å²) in [5.74, 6) is -13.6. The third-order valence-electron chi connectivity index (χ3n) is 2.41. The average Bonchev–Trinajstić information content (AvgIpc) is 2.35. The number of Topliss-reactive ketones (excluding diaryl/α,β-unsaturated/α-hetero) is 1. The topological polar surface area (TPSA) is 74.3 Å². The molecule has 0 aliphatic heterocycles. The van der Waals surface area contributed by atoms with E-state index in [2.05, 4.69) is 12.5 Å². The van der Waals surface area contributed by atoms with Crippen molar-refractivity contribution in [2.24, 2.45) is 0 Å². The molecule has 0 radical (unpaired) electrons. The molecule has 0 saturated heterocycles. The monoisotopic (exact) mass is 446 g/mol. The molecule has 0 saturated carbocycles. The van der Waals surface area contributed by atoms with E-state index in [1.54, 1.807) is 0 Å². The first kappa shape index (κ1) is 27.5. The van der Waals surface area contributed by atoms with E-state index in [-0.39, 0.29) is 0 Å². The normalized spacial score (nSPS) is 14.1. The highest BCUT2D eigenvalue weighted by molar-refractivity contribution is 7.96. The van der Waals surface area contributed by atoms with Gasteiger partial charge in [-0.3, -0.25) is 4.79 Å². The van der Waals surface area contributed by atoms with Gasteiger partial charge < -0.3 is 4.55 Å². The lowest BCUT2D eigenvalue weighted by molar-refractivity contribution is -0.382. The van der Waals surface area contributed by atoms with Crippen molar-refractivity contribution in [1.82, 2.24) is 0 Å². The van der Waals surface area contributed by atoms with Crippen LogP contribution in [0.25, 0.3) is 0 Å². The predicted molar refractivity (Wildman–Crippen MR) is 74.6 cm³/mol. The van der Waals surface area contributed by atoms with Gasteiger partial charge >= 0.3 is 23.3 Å². The Labute approximate surface area is 146 Å². The Hall–Kier alpha value is -0.700. The highest BCUT2D eigenvalue weighted by Crippen LogP contribution is 2.54. The van der Waals surface area contributed by atoms with Gasteiger partial charge in [0.25, 0.3) is 0 Å². The molecule has 15 heteroatoms. The maximum Gasteiger partial charge on any atom is 0.460 e. The molecule has 0 aromatic carbocycles. The van der Waals surface area contributed by atoms with E-state index in [0.29, 0.717) is 16.7 Å². The quantitative estimate of drug-likeness (QED) is 0.342. The molecule has 0 fully saturated rings. The summed E-state index contributed by atoms with van der Waals surface area (Å²) in [5.41, 5.74) is 0. The Bertz CT molecular complexity index is 571. The molecule has 0 aliphatic carbocycles. The zero-order chi connectivity index (χ0) is 21.8. The standard InChI is InChI=1S/C7H15OS.C4HF9O3S/c1-4-5-7(8)6-9(2)3;5-1(6,3(9,10)11)2(7,8)4(12,13)17(14,15)16/h4-6H2,1-3H3;(H,14,15,16)/q+1;/p-1. The number of carbonyl (C=O) groups is 1. The van der Waals surface area contributed by atoms with E-state index in [4.69, 9.17) is 0 Å². The van der Waals surface area contributed by atoms with Crippen LogP contribution in [0.15, 0.2) is 0 Å². The van der Waals surface area contributed by atoms with E-state index in [0.717, 1.165) is 18.6 Å². The highest BCUT2D eigenvalue weighted by atomic mass is 32.2. The fourth-order valence-corrected chi connectivity index (χ4v) is 2.42. The van der Waals surface area contributed by atoms with Gasteiger partial charge in [-0.1, -0.05) is 6.92 Å². The van der Waals surface area contributed by atoms with Crippen molar-refractivity contribution in [3.05, 3.63) is 0 Å². The molecule has 0 aromatic heterocycles. The molecule has 0 rings (SSSR count). The van der Waals surface area contributed by atoms with Gasteiger partial charge in [0.05, 0.1) is 12.5 Å². The molecule has 158 valence electrons. The Morgan fingerprint density at radius 2 is 1.31 bits per heavy atom. The van der Waals surface area contributed by atoms with E-state index in [1.165, 1.54) is 0 Å². The summed E-state index contributed by atoms with van der Waals surface area (Å²) in [5, 5.41) is -7.11. The fourth-order valence-electron chi connectivity index (χ4n) is 1.19. The van der Waals surface area contributed by atoms with Crippen LogP contribution in [0.2, 0.25) is 0 Å². The molecule has 0 heterocycles.